The number of carbonyl (C=O) groups excluding carboxylic acids is 1. The standard InChI is InChI=1S/C26H22BrFN4O3S/c1-18-16-29-13-2-14-32(18)24-12-5-20(26(33)30-17-19-3-8-22(28)9-4-19)15-25(24)36(34,35)31-23-10-6-21(27)7-11-23/h2-16,31H,17H2,1H3,(H,30,33). The molecule has 0 fully saturated rings. The Kier molecular flexibility index (Phi) is 7.66. The van der Waals surface area contributed by atoms with Gasteiger partial charge in [-0.05, 0) is 73.2 Å². The van der Waals surface area contributed by atoms with Crippen molar-refractivity contribution in [1.82, 2.24) is 5.32 Å². The van der Waals surface area contributed by atoms with Crippen LogP contribution >= 0.6 is 15.9 Å². The van der Waals surface area contributed by atoms with E-state index in [1.54, 1.807) is 85.0 Å². The number of hydrogen-bond acceptors (Lipinski definition) is 5. The number of carbonyl (C=O) groups is 1. The van der Waals surface area contributed by atoms with Crippen LogP contribution in [0.2, 0.25) is 0 Å². The van der Waals surface area contributed by atoms with Crippen molar-refractivity contribution in [3.05, 3.63) is 112 Å². The number of halogens is 2. The molecule has 1 aliphatic heterocycles. The maximum absolute atomic E-state index is 13.5. The van der Waals surface area contributed by atoms with Crippen molar-refractivity contribution in [3.63, 3.8) is 0 Å². The average molecular weight is 569 g/mol. The van der Waals surface area contributed by atoms with Gasteiger partial charge in [0.2, 0.25) is 0 Å². The zero-order chi connectivity index (χ0) is 25.7. The minimum absolute atomic E-state index is 0.0841. The largest absolute Gasteiger partial charge is 0.348 e. The first-order valence-corrected chi connectivity index (χ1v) is 13.1. The molecule has 4 rings (SSSR count). The maximum atomic E-state index is 13.5. The molecule has 0 atom stereocenters. The zero-order valence-corrected chi connectivity index (χ0v) is 21.6. The zero-order valence-electron chi connectivity index (χ0n) is 19.2. The number of amides is 1. The van der Waals surface area contributed by atoms with Crippen LogP contribution in [0.25, 0.3) is 0 Å². The molecule has 10 heteroatoms. The summed E-state index contributed by atoms with van der Waals surface area (Å²) in [5.74, 6) is -0.834. The fourth-order valence-corrected chi connectivity index (χ4v) is 5.00. The predicted molar refractivity (Wildman–Crippen MR) is 143 cm³/mol. The summed E-state index contributed by atoms with van der Waals surface area (Å²) in [7, 11) is -4.10. The lowest BCUT2D eigenvalue weighted by molar-refractivity contribution is 0.0950. The van der Waals surface area contributed by atoms with Gasteiger partial charge in [-0.2, -0.15) is 0 Å². The summed E-state index contributed by atoms with van der Waals surface area (Å²) < 4.78 is 43.6. The van der Waals surface area contributed by atoms with Crippen LogP contribution in [0.4, 0.5) is 15.8 Å². The van der Waals surface area contributed by atoms with Crippen LogP contribution in [0.1, 0.15) is 22.8 Å². The number of nitrogens with zero attached hydrogens (tertiary/aromatic N) is 2. The smallest absolute Gasteiger partial charge is 0.264 e. The highest BCUT2D eigenvalue weighted by molar-refractivity contribution is 9.10. The van der Waals surface area contributed by atoms with E-state index in [1.807, 2.05) is 0 Å². The highest BCUT2D eigenvalue weighted by atomic mass is 79.9. The molecule has 0 spiro atoms. The molecule has 0 aromatic heterocycles. The van der Waals surface area contributed by atoms with Crippen molar-refractivity contribution in [3.8, 4) is 0 Å². The molecule has 0 aliphatic carbocycles. The molecule has 2 N–H and O–H groups in total. The van der Waals surface area contributed by atoms with E-state index in [9.17, 15) is 17.6 Å². The molecule has 1 aliphatic rings. The Labute approximate surface area is 217 Å². The first-order valence-electron chi connectivity index (χ1n) is 10.8. The summed E-state index contributed by atoms with van der Waals surface area (Å²) in [5, 5.41) is 2.75. The minimum atomic E-state index is -4.10. The highest BCUT2D eigenvalue weighted by Crippen LogP contribution is 2.32. The highest BCUT2D eigenvalue weighted by Gasteiger charge is 2.24. The van der Waals surface area contributed by atoms with Crippen LogP contribution in [0.15, 0.2) is 105 Å². The van der Waals surface area contributed by atoms with Gasteiger partial charge in [0, 0.05) is 46.6 Å². The number of anilines is 2. The lowest BCUT2D eigenvalue weighted by atomic mass is 10.1. The third-order valence-electron chi connectivity index (χ3n) is 5.28. The van der Waals surface area contributed by atoms with Crippen molar-refractivity contribution in [2.75, 3.05) is 9.62 Å². The Morgan fingerprint density at radius 2 is 1.78 bits per heavy atom. The Balaban J connectivity index is 1.69. The molecule has 0 saturated carbocycles. The van der Waals surface area contributed by atoms with Gasteiger partial charge in [0.1, 0.15) is 10.7 Å². The van der Waals surface area contributed by atoms with Gasteiger partial charge < -0.3 is 10.2 Å². The summed E-state index contributed by atoms with van der Waals surface area (Å²) in [4.78, 5) is 18.6. The van der Waals surface area contributed by atoms with E-state index in [2.05, 4.69) is 31.0 Å². The minimum Gasteiger partial charge on any atom is -0.348 e. The van der Waals surface area contributed by atoms with Crippen molar-refractivity contribution in [1.29, 1.82) is 0 Å². The van der Waals surface area contributed by atoms with E-state index >= 15 is 0 Å². The topological polar surface area (TPSA) is 90.9 Å². The van der Waals surface area contributed by atoms with Gasteiger partial charge in [0.25, 0.3) is 15.9 Å². The summed E-state index contributed by atoms with van der Waals surface area (Å²) in [6.07, 6.45) is 6.59. The van der Waals surface area contributed by atoms with Gasteiger partial charge in [-0.1, -0.05) is 28.1 Å². The van der Waals surface area contributed by atoms with E-state index in [1.165, 1.54) is 18.2 Å². The molecule has 3 aromatic rings. The van der Waals surface area contributed by atoms with Gasteiger partial charge in [0.05, 0.1) is 5.69 Å². The Morgan fingerprint density at radius 3 is 2.50 bits per heavy atom. The van der Waals surface area contributed by atoms with E-state index in [-0.39, 0.29) is 22.8 Å². The monoisotopic (exact) mass is 568 g/mol. The second-order valence-electron chi connectivity index (χ2n) is 7.88. The molecule has 3 aromatic carbocycles. The number of nitrogens with one attached hydrogen (secondary N) is 2. The molecule has 0 saturated heterocycles. The molecule has 0 bridgehead atoms. The lowest BCUT2D eigenvalue weighted by Crippen LogP contribution is -2.25. The number of sulfonamides is 1. The van der Waals surface area contributed by atoms with Crippen LogP contribution in [0.3, 0.4) is 0 Å². The summed E-state index contributed by atoms with van der Waals surface area (Å²) in [6, 6.07) is 16.9. The van der Waals surface area contributed by atoms with Crippen molar-refractivity contribution in [2.24, 2.45) is 4.99 Å². The Hall–Kier alpha value is -3.76. The average Bonchev–Trinajstić information content (AvgIpc) is 3.08. The fourth-order valence-electron chi connectivity index (χ4n) is 3.46. The molecule has 36 heavy (non-hydrogen) atoms. The van der Waals surface area contributed by atoms with Crippen molar-refractivity contribution < 1.29 is 17.6 Å². The van der Waals surface area contributed by atoms with E-state index in [0.717, 1.165) is 4.47 Å². The van der Waals surface area contributed by atoms with Crippen LogP contribution in [-0.4, -0.2) is 20.5 Å². The van der Waals surface area contributed by atoms with E-state index < -0.39 is 15.9 Å². The summed E-state index contributed by atoms with van der Waals surface area (Å²) >= 11 is 3.34. The van der Waals surface area contributed by atoms with Crippen molar-refractivity contribution >= 4 is 49.4 Å². The first kappa shape index (κ1) is 25.3. The van der Waals surface area contributed by atoms with Gasteiger partial charge in [-0.15, -0.1) is 0 Å². The number of aliphatic imine (C=N–C) groups is 1. The fraction of sp³-hybridized carbons (Fsp3) is 0.0769. The predicted octanol–water partition coefficient (Wildman–Crippen LogP) is 5.58. The van der Waals surface area contributed by atoms with Crippen molar-refractivity contribution in [2.45, 2.75) is 18.4 Å². The maximum Gasteiger partial charge on any atom is 0.264 e. The van der Waals surface area contributed by atoms with Crippen LogP contribution < -0.4 is 14.9 Å². The second-order valence-corrected chi connectivity index (χ2v) is 10.5. The van der Waals surface area contributed by atoms with Gasteiger partial charge >= 0.3 is 0 Å². The molecular formula is C26H22BrFN4O3S. The quantitative estimate of drug-likeness (QED) is 0.389. The molecule has 184 valence electrons. The van der Waals surface area contributed by atoms with Gasteiger partial charge in [0.15, 0.2) is 0 Å². The number of allylic oxidation sites excluding steroid dienone is 2. The second kappa shape index (κ2) is 10.9. The van der Waals surface area contributed by atoms with Gasteiger partial charge in [-0.25, -0.2) is 12.8 Å². The third-order valence-corrected chi connectivity index (χ3v) is 7.22. The summed E-state index contributed by atoms with van der Waals surface area (Å²) in [5.41, 5.74) is 2.28. The first-order chi connectivity index (χ1) is 17.2. The summed E-state index contributed by atoms with van der Waals surface area (Å²) in [6.45, 7) is 1.96. The Morgan fingerprint density at radius 1 is 1.06 bits per heavy atom. The van der Waals surface area contributed by atoms with Crippen LogP contribution in [-0.2, 0) is 16.6 Å². The van der Waals surface area contributed by atoms with Gasteiger partial charge in [-0.3, -0.25) is 14.5 Å². The Bertz CT molecular complexity index is 1470. The lowest BCUT2D eigenvalue weighted by Gasteiger charge is -2.24. The number of rotatable bonds is 7. The molecule has 0 unspecified atom stereocenters. The van der Waals surface area contributed by atoms with Crippen LogP contribution in [0, 0.1) is 5.82 Å². The molecule has 1 heterocycles. The third kappa shape index (κ3) is 6.07. The molecule has 1 amide bonds. The van der Waals surface area contributed by atoms with E-state index in [4.69, 9.17) is 0 Å². The molecule has 0 radical (unpaired) electrons. The van der Waals surface area contributed by atoms with Crippen LogP contribution in [0.5, 0.6) is 0 Å². The molecular weight excluding hydrogens is 547 g/mol. The number of benzene rings is 3. The molecule has 7 nitrogen and oxygen atoms in total. The number of hydrogen-bond donors (Lipinski definition) is 2. The van der Waals surface area contributed by atoms with E-state index in [0.29, 0.717) is 22.6 Å². The SMILES string of the molecule is CC1=CN=CC=CN1c1ccc(C(=O)NCc2ccc(F)cc2)cc1S(=O)(=O)Nc1ccc(Br)cc1. The normalized spacial score (nSPS) is 13.2.